The van der Waals surface area contributed by atoms with Crippen molar-refractivity contribution in [3.8, 4) is 0 Å². The van der Waals surface area contributed by atoms with E-state index in [-0.39, 0.29) is 17.9 Å². The van der Waals surface area contributed by atoms with Crippen LogP contribution in [0.25, 0.3) is 0 Å². The highest BCUT2D eigenvalue weighted by atomic mass is 19.1. The Morgan fingerprint density at radius 3 is 2.75 bits per heavy atom. The van der Waals surface area contributed by atoms with Gasteiger partial charge < -0.3 is 5.32 Å². The Kier molecular flexibility index (Phi) is 4.44. The number of tetrazole rings is 1. The van der Waals surface area contributed by atoms with Crippen LogP contribution in [0.15, 0.2) is 18.2 Å². The van der Waals surface area contributed by atoms with Crippen LogP contribution < -0.4 is 5.32 Å². The lowest BCUT2D eigenvalue weighted by Gasteiger charge is -2.17. The van der Waals surface area contributed by atoms with E-state index in [1.807, 2.05) is 26.8 Å². The Hall–Kier alpha value is -1.82. The molecule has 20 heavy (non-hydrogen) atoms. The van der Waals surface area contributed by atoms with Crippen LogP contribution >= 0.6 is 0 Å². The summed E-state index contributed by atoms with van der Waals surface area (Å²) >= 11 is 0. The number of hydrogen-bond donors (Lipinski definition) is 1. The molecule has 2 rings (SSSR count). The molecule has 0 fully saturated rings. The Bertz CT molecular complexity index is 581. The van der Waals surface area contributed by atoms with E-state index in [2.05, 4.69) is 20.8 Å². The van der Waals surface area contributed by atoms with Gasteiger partial charge in [-0.3, -0.25) is 0 Å². The second-order valence-corrected chi connectivity index (χ2v) is 4.95. The molecule has 1 aromatic carbocycles. The van der Waals surface area contributed by atoms with Crippen LogP contribution in [0.1, 0.15) is 49.8 Å². The Morgan fingerprint density at radius 1 is 1.35 bits per heavy atom. The molecule has 0 amide bonds. The minimum atomic E-state index is -0.205. The van der Waals surface area contributed by atoms with E-state index in [1.54, 1.807) is 23.7 Å². The normalized spacial score (nSPS) is 14.2. The zero-order valence-corrected chi connectivity index (χ0v) is 12.3. The van der Waals surface area contributed by atoms with Gasteiger partial charge in [0.2, 0.25) is 0 Å². The summed E-state index contributed by atoms with van der Waals surface area (Å²) in [6, 6.07) is 5.17. The molecule has 0 radical (unpaired) electrons. The van der Waals surface area contributed by atoms with Gasteiger partial charge in [-0.25, -0.2) is 9.07 Å². The van der Waals surface area contributed by atoms with Gasteiger partial charge in [0.25, 0.3) is 0 Å². The van der Waals surface area contributed by atoms with Gasteiger partial charge in [-0.05, 0) is 54.9 Å². The molecule has 2 aromatic rings. The van der Waals surface area contributed by atoms with E-state index in [0.29, 0.717) is 5.56 Å². The molecule has 108 valence electrons. The fraction of sp³-hybridized carbons (Fsp3) is 0.500. The molecule has 0 saturated heterocycles. The molecular formula is C14H20FN5. The van der Waals surface area contributed by atoms with Crippen molar-refractivity contribution in [1.29, 1.82) is 0 Å². The third-order valence-electron chi connectivity index (χ3n) is 3.46. The van der Waals surface area contributed by atoms with Gasteiger partial charge in [0, 0.05) is 0 Å². The minimum Gasteiger partial charge on any atom is -0.308 e. The summed E-state index contributed by atoms with van der Waals surface area (Å²) in [6.45, 7) is 8.58. The average molecular weight is 277 g/mol. The minimum absolute atomic E-state index is 0.0488. The van der Waals surface area contributed by atoms with E-state index in [0.717, 1.165) is 17.9 Å². The summed E-state index contributed by atoms with van der Waals surface area (Å²) < 4.78 is 15.4. The zero-order valence-electron chi connectivity index (χ0n) is 12.3. The van der Waals surface area contributed by atoms with Crippen LogP contribution in [0.5, 0.6) is 0 Å². The van der Waals surface area contributed by atoms with Crippen molar-refractivity contribution in [3.05, 3.63) is 41.0 Å². The molecular weight excluding hydrogens is 257 g/mol. The molecule has 0 aliphatic rings. The van der Waals surface area contributed by atoms with Crippen LogP contribution in [0, 0.1) is 12.7 Å². The number of rotatable bonds is 5. The number of nitrogens with one attached hydrogen (secondary N) is 1. The van der Waals surface area contributed by atoms with Gasteiger partial charge in [-0.15, -0.1) is 5.10 Å². The third-order valence-corrected chi connectivity index (χ3v) is 3.46. The quantitative estimate of drug-likeness (QED) is 0.911. The molecule has 0 saturated carbocycles. The van der Waals surface area contributed by atoms with Crippen molar-refractivity contribution in [2.75, 3.05) is 6.54 Å². The fourth-order valence-electron chi connectivity index (χ4n) is 2.17. The monoisotopic (exact) mass is 277 g/mol. The van der Waals surface area contributed by atoms with Crippen molar-refractivity contribution in [2.45, 2.75) is 39.8 Å². The van der Waals surface area contributed by atoms with E-state index in [4.69, 9.17) is 0 Å². The SMILES string of the molecule is CCNC(C)c1nnnn1C(C)c1ccc(C)c(F)c1. The molecule has 0 aliphatic heterocycles. The van der Waals surface area contributed by atoms with Crippen LogP contribution in [0.4, 0.5) is 4.39 Å². The Morgan fingerprint density at radius 2 is 2.10 bits per heavy atom. The van der Waals surface area contributed by atoms with Crippen molar-refractivity contribution < 1.29 is 4.39 Å². The smallest absolute Gasteiger partial charge is 0.168 e. The number of hydrogen-bond acceptors (Lipinski definition) is 4. The Labute approximate surface area is 118 Å². The van der Waals surface area contributed by atoms with Crippen molar-refractivity contribution >= 4 is 0 Å². The second kappa shape index (κ2) is 6.09. The first-order valence-electron chi connectivity index (χ1n) is 6.81. The molecule has 1 heterocycles. The lowest BCUT2D eigenvalue weighted by molar-refractivity contribution is 0.469. The Balaban J connectivity index is 2.31. The first kappa shape index (κ1) is 14.6. The van der Waals surface area contributed by atoms with Crippen molar-refractivity contribution in [1.82, 2.24) is 25.5 Å². The fourth-order valence-corrected chi connectivity index (χ4v) is 2.17. The highest BCUT2D eigenvalue weighted by Crippen LogP contribution is 2.22. The average Bonchev–Trinajstić information content (AvgIpc) is 2.90. The van der Waals surface area contributed by atoms with E-state index in [9.17, 15) is 4.39 Å². The van der Waals surface area contributed by atoms with Gasteiger partial charge in [0.15, 0.2) is 5.82 Å². The lowest BCUT2D eigenvalue weighted by atomic mass is 10.1. The number of aromatic nitrogens is 4. The highest BCUT2D eigenvalue weighted by Gasteiger charge is 2.19. The predicted octanol–water partition coefficient (Wildman–Crippen LogP) is 2.40. The predicted molar refractivity (Wildman–Crippen MR) is 74.9 cm³/mol. The highest BCUT2D eigenvalue weighted by molar-refractivity contribution is 5.26. The van der Waals surface area contributed by atoms with Gasteiger partial charge in [0.05, 0.1) is 12.1 Å². The summed E-state index contributed by atoms with van der Waals surface area (Å²) in [5.74, 6) is 0.545. The molecule has 1 aromatic heterocycles. The molecule has 6 heteroatoms. The topological polar surface area (TPSA) is 55.6 Å². The second-order valence-electron chi connectivity index (χ2n) is 4.95. The maximum absolute atomic E-state index is 13.7. The molecule has 5 nitrogen and oxygen atoms in total. The van der Waals surface area contributed by atoms with Crippen LogP contribution in [-0.4, -0.2) is 26.8 Å². The van der Waals surface area contributed by atoms with Gasteiger partial charge >= 0.3 is 0 Å². The summed E-state index contributed by atoms with van der Waals surface area (Å²) in [5.41, 5.74) is 1.49. The van der Waals surface area contributed by atoms with Gasteiger partial charge in [0.1, 0.15) is 5.82 Å². The number of nitrogens with zero attached hydrogens (tertiary/aromatic N) is 4. The first-order chi connectivity index (χ1) is 9.54. The van der Waals surface area contributed by atoms with Crippen LogP contribution in [0.2, 0.25) is 0 Å². The van der Waals surface area contributed by atoms with Gasteiger partial charge in [-0.1, -0.05) is 19.1 Å². The van der Waals surface area contributed by atoms with Gasteiger partial charge in [-0.2, -0.15) is 0 Å². The molecule has 1 N–H and O–H groups in total. The third kappa shape index (κ3) is 2.85. The van der Waals surface area contributed by atoms with Crippen molar-refractivity contribution in [2.24, 2.45) is 0 Å². The van der Waals surface area contributed by atoms with E-state index < -0.39 is 0 Å². The lowest BCUT2D eigenvalue weighted by Crippen LogP contribution is -2.23. The number of benzene rings is 1. The molecule has 0 aliphatic carbocycles. The first-order valence-corrected chi connectivity index (χ1v) is 6.81. The molecule has 0 spiro atoms. The zero-order chi connectivity index (χ0) is 14.7. The number of aryl methyl sites for hydroxylation is 1. The maximum Gasteiger partial charge on any atom is 0.168 e. The van der Waals surface area contributed by atoms with E-state index >= 15 is 0 Å². The number of halogens is 1. The molecule has 0 bridgehead atoms. The molecule has 2 unspecified atom stereocenters. The summed E-state index contributed by atoms with van der Waals surface area (Å²) in [5, 5.41) is 15.1. The van der Waals surface area contributed by atoms with Crippen LogP contribution in [0.3, 0.4) is 0 Å². The summed E-state index contributed by atoms with van der Waals surface area (Å²) in [4.78, 5) is 0. The van der Waals surface area contributed by atoms with E-state index in [1.165, 1.54) is 0 Å². The largest absolute Gasteiger partial charge is 0.308 e. The van der Waals surface area contributed by atoms with Crippen molar-refractivity contribution in [3.63, 3.8) is 0 Å². The van der Waals surface area contributed by atoms with Crippen LogP contribution in [-0.2, 0) is 0 Å². The standard InChI is InChI=1S/C14H20FN5/c1-5-16-10(3)14-17-18-19-20(14)11(4)12-7-6-9(2)13(15)8-12/h6-8,10-11,16H,5H2,1-4H3. The summed E-state index contributed by atoms with van der Waals surface area (Å²) in [7, 11) is 0. The maximum atomic E-state index is 13.7. The summed E-state index contributed by atoms with van der Waals surface area (Å²) in [6.07, 6.45) is 0. The molecule has 2 atom stereocenters.